The van der Waals surface area contributed by atoms with Crippen molar-refractivity contribution in [2.75, 3.05) is 26.2 Å². The molecule has 2 bridgehead atoms. The number of amides is 2. The summed E-state index contributed by atoms with van der Waals surface area (Å²) in [6.45, 7) is 7.20. The minimum atomic E-state index is -0.197. The zero-order valence-corrected chi connectivity index (χ0v) is 16.8. The maximum absolute atomic E-state index is 12.8. The summed E-state index contributed by atoms with van der Waals surface area (Å²) < 4.78 is 0. The van der Waals surface area contributed by atoms with E-state index in [9.17, 15) is 9.59 Å². The van der Waals surface area contributed by atoms with Crippen LogP contribution in [-0.2, 0) is 4.79 Å². The maximum Gasteiger partial charge on any atom is 0.252 e. The van der Waals surface area contributed by atoms with Gasteiger partial charge in [0.2, 0.25) is 5.91 Å². The number of fused-ring (bicyclic) bond motifs is 4. The summed E-state index contributed by atoms with van der Waals surface area (Å²) in [7, 11) is 0. The van der Waals surface area contributed by atoms with Crippen LogP contribution in [0, 0.1) is 11.8 Å². The molecular formula is C21H27ClN4O2. The van der Waals surface area contributed by atoms with Gasteiger partial charge >= 0.3 is 0 Å². The smallest absolute Gasteiger partial charge is 0.252 e. The quantitative estimate of drug-likeness (QED) is 0.768. The molecule has 6 nitrogen and oxygen atoms in total. The molecule has 7 heteroatoms. The summed E-state index contributed by atoms with van der Waals surface area (Å²) in [5.41, 5.74) is 0.444. The van der Waals surface area contributed by atoms with Crippen LogP contribution in [-0.4, -0.2) is 64.9 Å². The third-order valence-corrected chi connectivity index (χ3v) is 6.61. The van der Waals surface area contributed by atoms with Crippen molar-refractivity contribution in [2.45, 2.75) is 37.8 Å². The molecule has 0 aliphatic carbocycles. The van der Waals surface area contributed by atoms with Crippen molar-refractivity contribution in [3.8, 4) is 0 Å². The molecule has 0 radical (unpaired) electrons. The van der Waals surface area contributed by atoms with Gasteiger partial charge in [0, 0.05) is 51.0 Å². The van der Waals surface area contributed by atoms with Crippen LogP contribution in [0.2, 0.25) is 5.02 Å². The van der Waals surface area contributed by atoms with Gasteiger partial charge in [-0.3, -0.25) is 19.5 Å². The van der Waals surface area contributed by atoms with E-state index in [4.69, 9.17) is 11.6 Å². The highest BCUT2D eigenvalue weighted by Crippen LogP contribution is 2.41. The molecule has 1 N–H and O–H groups in total. The third-order valence-electron chi connectivity index (χ3n) is 6.40. The Kier molecular flexibility index (Phi) is 5.69. The van der Waals surface area contributed by atoms with Crippen molar-refractivity contribution in [1.29, 1.82) is 0 Å². The topological polar surface area (TPSA) is 65.5 Å². The lowest BCUT2D eigenvalue weighted by Gasteiger charge is -2.56. The van der Waals surface area contributed by atoms with Gasteiger partial charge in [0.25, 0.3) is 5.91 Å². The van der Waals surface area contributed by atoms with Gasteiger partial charge in [0.1, 0.15) is 0 Å². The van der Waals surface area contributed by atoms with Gasteiger partial charge in [0.05, 0.1) is 16.6 Å². The lowest BCUT2D eigenvalue weighted by Crippen LogP contribution is -2.67. The minimum absolute atomic E-state index is 0.0396. The van der Waals surface area contributed by atoms with Gasteiger partial charge in [-0.1, -0.05) is 17.7 Å². The number of likely N-dealkylation sites (tertiary alicyclic amines) is 1. The Bertz CT molecular complexity index is 771. The molecule has 4 atom stereocenters. The van der Waals surface area contributed by atoms with Gasteiger partial charge in [-0.05, 0) is 37.2 Å². The second kappa shape index (κ2) is 8.21. The Morgan fingerprint density at radius 2 is 2.18 bits per heavy atom. The van der Waals surface area contributed by atoms with E-state index in [0.717, 1.165) is 38.9 Å². The normalized spacial score (nSPS) is 29.9. The number of rotatable bonds is 5. The number of hydrogen-bond donors (Lipinski definition) is 1. The molecule has 4 rings (SSSR count). The van der Waals surface area contributed by atoms with E-state index >= 15 is 0 Å². The second-order valence-electron chi connectivity index (χ2n) is 8.19. The first kappa shape index (κ1) is 19.4. The molecule has 0 aromatic carbocycles. The number of aromatic nitrogens is 1. The van der Waals surface area contributed by atoms with Crippen molar-refractivity contribution in [3.05, 3.63) is 41.7 Å². The number of carbonyl (C=O) groups is 2. The van der Waals surface area contributed by atoms with Gasteiger partial charge in [-0.15, -0.1) is 6.58 Å². The van der Waals surface area contributed by atoms with Crippen LogP contribution in [0.5, 0.6) is 0 Å². The summed E-state index contributed by atoms with van der Waals surface area (Å²) in [5.74, 6) is 0.936. The zero-order valence-electron chi connectivity index (χ0n) is 16.0. The Labute approximate surface area is 170 Å². The minimum Gasteiger partial charge on any atom is -0.350 e. The standard InChI is InChI=1S/C21H27ClN4O2/c1-2-6-25-12-15-7-16(13-25)19(26-18(15)4-3-5-20(26)27)11-24-21(28)14-8-17(22)10-23-9-14/h2,8-10,15-16,18-19H,1,3-7,11-13H2,(H,24,28)/t15-,16+,18+,19+/m1/s1. The Hall–Kier alpha value is -1.92. The van der Waals surface area contributed by atoms with E-state index in [2.05, 4.69) is 26.7 Å². The fraction of sp³-hybridized carbons (Fsp3) is 0.571. The number of halogens is 1. The fourth-order valence-electron chi connectivity index (χ4n) is 5.30. The molecular weight excluding hydrogens is 376 g/mol. The largest absolute Gasteiger partial charge is 0.350 e. The summed E-state index contributed by atoms with van der Waals surface area (Å²) in [6, 6.07) is 1.94. The van der Waals surface area contributed by atoms with Crippen molar-refractivity contribution in [3.63, 3.8) is 0 Å². The number of nitrogens with zero attached hydrogens (tertiary/aromatic N) is 3. The Morgan fingerprint density at radius 1 is 1.36 bits per heavy atom. The highest BCUT2D eigenvalue weighted by molar-refractivity contribution is 6.30. The summed E-state index contributed by atoms with van der Waals surface area (Å²) in [5, 5.41) is 3.47. The number of hydrogen-bond acceptors (Lipinski definition) is 4. The molecule has 0 saturated carbocycles. The Balaban J connectivity index is 1.51. The summed E-state index contributed by atoms with van der Waals surface area (Å²) in [4.78, 5) is 33.9. The van der Waals surface area contributed by atoms with Crippen LogP contribution in [0.4, 0.5) is 0 Å². The van der Waals surface area contributed by atoms with E-state index < -0.39 is 0 Å². The third kappa shape index (κ3) is 3.80. The average molecular weight is 403 g/mol. The first-order valence-corrected chi connectivity index (χ1v) is 10.5. The molecule has 3 saturated heterocycles. The van der Waals surface area contributed by atoms with Crippen LogP contribution in [0.15, 0.2) is 31.1 Å². The molecule has 28 heavy (non-hydrogen) atoms. The fourth-order valence-corrected chi connectivity index (χ4v) is 5.48. The van der Waals surface area contributed by atoms with E-state index in [1.54, 1.807) is 6.07 Å². The van der Waals surface area contributed by atoms with Crippen molar-refractivity contribution < 1.29 is 9.59 Å². The van der Waals surface area contributed by atoms with Gasteiger partial charge in [-0.2, -0.15) is 0 Å². The van der Waals surface area contributed by atoms with Crippen molar-refractivity contribution in [2.24, 2.45) is 11.8 Å². The molecule has 2 amide bonds. The number of piperidine rings is 3. The highest BCUT2D eigenvalue weighted by Gasteiger charge is 2.49. The lowest BCUT2D eigenvalue weighted by atomic mass is 9.72. The molecule has 1 aromatic rings. The van der Waals surface area contributed by atoms with Gasteiger partial charge in [0.15, 0.2) is 0 Å². The van der Waals surface area contributed by atoms with Crippen LogP contribution < -0.4 is 5.32 Å². The molecule has 1 aromatic heterocycles. The molecule has 150 valence electrons. The van der Waals surface area contributed by atoms with Gasteiger partial charge in [-0.25, -0.2) is 0 Å². The summed E-state index contributed by atoms with van der Waals surface area (Å²) >= 11 is 5.95. The highest BCUT2D eigenvalue weighted by atomic mass is 35.5. The van der Waals surface area contributed by atoms with Crippen molar-refractivity contribution in [1.82, 2.24) is 20.1 Å². The van der Waals surface area contributed by atoms with Gasteiger partial charge < -0.3 is 10.2 Å². The molecule has 0 unspecified atom stereocenters. The molecule has 3 aliphatic rings. The van der Waals surface area contributed by atoms with E-state index in [1.807, 2.05) is 6.08 Å². The average Bonchev–Trinajstić information content (AvgIpc) is 2.68. The number of pyridine rings is 1. The maximum atomic E-state index is 12.8. The number of carbonyl (C=O) groups excluding carboxylic acids is 2. The van der Waals surface area contributed by atoms with Crippen molar-refractivity contribution >= 4 is 23.4 Å². The molecule has 3 fully saturated rings. The van der Waals surface area contributed by atoms with Crippen LogP contribution in [0.3, 0.4) is 0 Å². The Morgan fingerprint density at radius 3 is 2.96 bits per heavy atom. The van der Waals surface area contributed by atoms with E-state index in [1.165, 1.54) is 12.4 Å². The lowest BCUT2D eigenvalue weighted by molar-refractivity contribution is -0.152. The SMILES string of the molecule is C=CCN1C[C@H]2C[C@@H](C1)[C@H](CNC(=O)c1cncc(Cl)c1)N1C(=O)CCC[C@@H]21. The first-order chi connectivity index (χ1) is 13.6. The summed E-state index contributed by atoms with van der Waals surface area (Å²) in [6.07, 6.45) is 8.75. The monoisotopic (exact) mass is 402 g/mol. The van der Waals surface area contributed by atoms with Crippen LogP contribution in [0.25, 0.3) is 0 Å². The molecule has 3 aliphatic heterocycles. The number of nitrogens with one attached hydrogen (secondary N) is 1. The van der Waals surface area contributed by atoms with Crippen LogP contribution in [0.1, 0.15) is 36.0 Å². The van der Waals surface area contributed by atoms with Crippen LogP contribution >= 0.6 is 11.6 Å². The second-order valence-corrected chi connectivity index (χ2v) is 8.63. The van der Waals surface area contributed by atoms with E-state index in [0.29, 0.717) is 41.4 Å². The molecule has 0 spiro atoms. The first-order valence-electron chi connectivity index (χ1n) is 10.1. The molecule has 4 heterocycles. The predicted octanol–water partition coefficient (Wildman–Crippen LogP) is 2.35. The predicted molar refractivity (Wildman–Crippen MR) is 108 cm³/mol. The van der Waals surface area contributed by atoms with E-state index in [-0.39, 0.29) is 17.9 Å². The zero-order chi connectivity index (χ0) is 19.7.